The Labute approximate surface area is 207 Å². The predicted molar refractivity (Wildman–Crippen MR) is 133 cm³/mol. The molecule has 36 heavy (non-hydrogen) atoms. The zero-order valence-corrected chi connectivity index (χ0v) is 19.9. The van der Waals surface area contributed by atoms with Crippen LogP contribution in [0.3, 0.4) is 0 Å². The number of carbonyl (C=O) groups is 2. The van der Waals surface area contributed by atoms with Crippen molar-refractivity contribution in [2.75, 3.05) is 32.8 Å². The smallest absolute Gasteiger partial charge is 0.272 e. The average Bonchev–Trinajstić information content (AvgIpc) is 3.62. The normalized spacial score (nSPS) is 24.6. The Hall–Kier alpha value is -4.01. The van der Waals surface area contributed by atoms with Gasteiger partial charge in [-0.3, -0.25) is 14.7 Å². The molecule has 2 unspecified atom stereocenters. The lowest BCUT2D eigenvalue weighted by Crippen LogP contribution is -2.44. The number of nitrogens with zero attached hydrogens (tertiary/aromatic N) is 5. The fourth-order valence-electron chi connectivity index (χ4n) is 6.55. The van der Waals surface area contributed by atoms with Gasteiger partial charge in [-0.1, -0.05) is 17.3 Å². The van der Waals surface area contributed by atoms with E-state index in [1.54, 1.807) is 12.1 Å². The molecule has 1 saturated carbocycles. The second kappa shape index (κ2) is 8.01. The highest BCUT2D eigenvalue weighted by Crippen LogP contribution is 2.54. The monoisotopic (exact) mass is 482 g/mol. The quantitative estimate of drug-likeness (QED) is 0.480. The first-order chi connectivity index (χ1) is 17.6. The van der Waals surface area contributed by atoms with Crippen LogP contribution < -0.4 is 4.74 Å². The lowest BCUT2D eigenvalue weighted by atomic mass is 9.60. The number of likely N-dealkylation sites (tertiary alicyclic amines) is 2. The number of nitrogens with one attached hydrogen (secondary N) is 1. The molecule has 0 radical (unpaired) electrons. The van der Waals surface area contributed by atoms with Gasteiger partial charge in [0, 0.05) is 43.2 Å². The van der Waals surface area contributed by atoms with Crippen molar-refractivity contribution in [1.82, 2.24) is 30.2 Å². The number of benzene rings is 2. The topological polar surface area (TPSA) is 104 Å². The summed E-state index contributed by atoms with van der Waals surface area (Å²) in [7, 11) is 0. The zero-order valence-electron chi connectivity index (χ0n) is 19.9. The number of aromatic nitrogens is 4. The molecule has 182 valence electrons. The van der Waals surface area contributed by atoms with Gasteiger partial charge in [0.05, 0.1) is 17.6 Å². The van der Waals surface area contributed by atoms with Crippen molar-refractivity contribution in [1.29, 1.82) is 0 Å². The van der Waals surface area contributed by atoms with Crippen molar-refractivity contribution in [3.05, 3.63) is 59.8 Å². The van der Waals surface area contributed by atoms with Crippen molar-refractivity contribution >= 4 is 33.8 Å². The molecule has 9 heteroatoms. The van der Waals surface area contributed by atoms with Gasteiger partial charge in [0.25, 0.3) is 11.8 Å². The van der Waals surface area contributed by atoms with Crippen molar-refractivity contribution < 1.29 is 14.3 Å². The van der Waals surface area contributed by atoms with Crippen LogP contribution in [0.2, 0.25) is 0 Å². The van der Waals surface area contributed by atoms with Crippen LogP contribution in [-0.4, -0.2) is 74.8 Å². The fourth-order valence-corrected chi connectivity index (χ4v) is 6.55. The summed E-state index contributed by atoms with van der Waals surface area (Å²) >= 11 is 0. The lowest BCUT2D eigenvalue weighted by Gasteiger charge is -2.42. The molecule has 2 amide bonds. The maximum absolute atomic E-state index is 13.5. The minimum absolute atomic E-state index is 0.0389. The summed E-state index contributed by atoms with van der Waals surface area (Å²) in [6.07, 6.45) is 0. The molecule has 0 spiro atoms. The van der Waals surface area contributed by atoms with E-state index in [0.717, 1.165) is 42.6 Å². The third kappa shape index (κ3) is 3.18. The van der Waals surface area contributed by atoms with E-state index in [0.29, 0.717) is 52.8 Å². The minimum Gasteiger partial charge on any atom is -0.493 e. The van der Waals surface area contributed by atoms with Gasteiger partial charge in [-0.15, -0.1) is 5.10 Å². The van der Waals surface area contributed by atoms with Crippen LogP contribution in [0.5, 0.6) is 5.75 Å². The Balaban J connectivity index is 1.06. The molecule has 1 aliphatic carbocycles. The summed E-state index contributed by atoms with van der Waals surface area (Å²) in [5, 5.41) is 11.6. The van der Waals surface area contributed by atoms with Crippen LogP contribution in [0.25, 0.3) is 21.9 Å². The van der Waals surface area contributed by atoms with E-state index in [1.807, 2.05) is 53.1 Å². The van der Waals surface area contributed by atoms with Gasteiger partial charge in [-0.05, 0) is 60.9 Å². The molecule has 1 N–H and O–H groups in total. The Kier molecular flexibility index (Phi) is 4.74. The second-order valence-corrected chi connectivity index (χ2v) is 10.1. The molecule has 0 bridgehead atoms. The highest BCUT2D eigenvalue weighted by atomic mass is 16.5. The SMILES string of the molecule is CCOc1cc(C(=O)N2CC3C(C2)[C@@H]2CN(C(=O)c4ccc5[nH]nnc5c4)C[C@H]32)nc2ccccc12. The fraction of sp³-hybridized carbons (Fsp3) is 0.370. The Morgan fingerprint density at radius 1 is 0.917 bits per heavy atom. The molecule has 9 nitrogen and oxygen atoms in total. The van der Waals surface area contributed by atoms with Gasteiger partial charge in [0.1, 0.15) is 17.0 Å². The van der Waals surface area contributed by atoms with Crippen molar-refractivity contribution in [2.24, 2.45) is 23.7 Å². The third-order valence-electron chi connectivity index (χ3n) is 8.27. The number of hydrogen-bond acceptors (Lipinski definition) is 6. The molecule has 2 aromatic heterocycles. The highest BCUT2D eigenvalue weighted by Gasteiger charge is 2.59. The highest BCUT2D eigenvalue weighted by molar-refractivity contribution is 5.98. The van der Waals surface area contributed by atoms with E-state index in [2.05, 4.69) is 20.4 Å². The van der Waals surface area contributed by atoms with Crippen LogP contribution in [0.1, 0.15) is 27.8 Å². The molecule has 2 aromatic carbocycles. The average molecular weight is 483 g/mol. The van der Waals surface area contributed by atoms with Crippen molar-refractivity contribution in [3.63, 3.8) is 0 Å². The van der Waals surface area contributed by atoms with Gasteiger partial charge in [0.2, 0.25) is 0 Å². The number of carbonyl (C=O) groups excluding carboxylic acids is 2. The van der Waals surface area contributed by atoms with Crippen LogP contribution in [0.15, 0.2) is 48.5 Å². The Morgan fingerprint density at radius 2 is 1.61 bits per heavy atom. The molecular weight excluding hydrogens is 456 g/mol. The molecular formula is C27H26N6O3. The van der Waals surface area contributed by atoms with Crippen LogP contribution in [0.4, 0.5) is 0 Å². The number of H-pyrrole nitrogens is 1. The van der Waals surface area contributed by atoms with Gasteiger partial charge in [0.15, 0.2) is 0 Å². The molecule has 4 heterocycles. The summed E-state index contributed by atoms with van der Waals surface area (Å²) in [5.74, 6) is 2.45. The molecule has 2 saturated heterocycles. The van der Waals surface area contributed by atoms with Gasteiger partial charge >= 0.3 is 0 Å². The van der Waals surface area contributed by atoms with Crippen LogP contribution >= 0.6 is 0 Å². The summed E-state index contributed by atoms with van der Waals surface area (Å²) in [6, 6.07) is 15.0. The molecule has 3 aliphatic rings. The molecule has 4 atom stereocenters. The van der Waals surface area contributed by atoms with Crippen LogP contribution in [-0.2, 0) is 0 Å². The first kappa shape index (κ1) is 21.3. The van der Waals surface area contributed by atoms with Gasteiger partial charge in [-0.25, -0.2) is 4.98 Å². The Morgan fingerprint density at radius 3 is 2.33 bits per heavy atom. The summed E-state index contributed by atoms with van der Waals surface area (Å²) in [4.78, 5) is 35.2. The van der Waals surface area contributed by atoms with Gasteiger partial charge < -0.3 is 14.5 Å². The lowest BCUT2D eigenvalue weighted by molar-refractivity contribution is 0.0629. The molecule has 3 fully saturated rings. The standard InChI is InChI=1S/C27H26N6O3/c1-2-36-25-10-24(28-21-6-4-3-5-16(21)25)27(35)33-13-19-17-11-32(12-18(17)20(19)14-33)26(34)15-7-8-22-23(9-15)30-31-29-22/h3-10,17-20H,2,11-14H2,1H3,(H,29,30,31)/t17-,18+,19?,20?. The molecule has 7 rings (SSSR count). The largest absolute Gasteiger partial charge is 0.493 e. The van der Waals surface area contributed by atoms with E-state index >= 15 is 0 Å². The first-order valence-corrected chi connectivity index (χ1v) is 12.5. The number of para-hydroxylation sites is 1. The maximum atomic E-state index is 13.5. The van der Waals surface area contributed by atoms with E-state index in [1.165, 1.54) is 0 Å². The van der Waals surface area contributed by atoms with E-state index in [-0.39, 0.29) is 11.8 Å². The van der Waals surface area contributed by atoms with Crippen molar-refractivity contribution in [2.45, 2.75) is 6.92 Å². The zero-order chi connectivity index (χ0) is 24.4. The number of aromatic amines is 1. The number of amides is 2. The number of hydrogen-bond donors (Lipinski definition) is 1. The van der Waals surface area contributed by atoms with Crippen molar-refractivity contribution in [3.8, 4) is 5.75 Å². The second-order valence-electron chi connectivity index (χ2n) is 10.1. The Bertz CT molecular complexity index is 1500. The maximum Gasteiger partial charge on any atom is 0.272 e. The van der Waals surface area contributed by atoms with E-state index in [9.17, 15) is 9.59 Å². The first-order valence-electron chi connectivity index (χ1n) is 12.5. The number of rotatable bonds is 4. The minimum atomic E-state index is -0.0389. The molecule has 4 aromatic rings. The summed E-state index contributed by atoms with van der Waals surface area (Å²) < 4.78 is 5.82. The summed E-state index contributed by atoms with van der Waals surface area (Å²) in [5.41, 5.74) is 3.37. The van der Waals surface area contributed by atoms with Gasteiger partial charge in [-0.2, -0.15) is 0 Å². The number of fused-ring (bicyclic) bond motifs is 6. The van der Waals surface area contributed by atoms with E-state index < -0.39 is 0 Å². The molecule has 2 aliphatic heterocycles. The summed E-state index contributed by atoms with van der Waals surface area (Å²) in [6.45, 7) is 5.39. The van der Waals surface area contributed by atoms with Crippen LogP contribution in [0, 0.1) is 23.7 Å². The number of pyridine rings is 1. The van der Waals surface area contributed by atoms with E-state index in [4.69, 9.17) is 4.74 Å². The predicted octanol–water partition coefficient (Wildman–Crippen LogP) is 3.00. The number of ether oxygens (including phenoxy) is 1. The third-order valence-corrected chi connectivity index (χ3v) is 8.27.